The molecular weight excluding hydrogens is 335 g/mol. The van der Waals surface area contributed by atoms with Gasteiger partial charge in [0.1, 0.15) is 11.4 Å². The largest absolute Gasteiger partial charge is 0.573 e. The second kappa shape index (κ2) is 6.01. The van der Waals surface area contributed by atoms with Crippen LogP contribution in [0.5, 0.6) is 5.75 Å². The molecule has 0 spiro atoms. The average Bonchev–Trinajstić information content (AvgIpc) is 2.97. The molecule has 5 rings (SSSR count). The summed E-state index contributed by atoms with van der Waals surface area (Å²) < 4.78 is 40.8. The molecule has 134 valence electrons. The summed E-state index contributed by atoms with van der Waals surface area (Å²) in [7, 11) is 0. The number of nitrogens with one attached hydrogen (secondary N) is 1. The molecule has 25 heavy (non-hydrogen) atoms. The number of Topliss-reactive ketones (excluding diaryl/α,β-unsaturated/α-hetero) is 1. The second-order valence-electron chi connectivity index (χ2n) is 6.85. The lowest BCUT2D eigenvalue weighted by Gasteiger charge is -2.44. The van der Waals surface area contributed by atoms with Gasteiger partial charge in [-0.1, -0.05) is 0 Å². The Kier molecular flexibility index (Phi) is 3.94. The first kappa shape index (κ1) is 16.4. The molecule has 0 saturated carbocycles. The van der Waals surface area contributed by atoms with Crippen LogP contribution >= 0.6 is 0 Å². The van der Waals surface area contributed by atoms with E-state index in [0.717, 1.165) is 32.5 Å². The second-order valence-corrected chi connectivity index (χ2v) is 6.85. The van der Waals surface area contributed by atoms with Crippen molar-refractivity contribution in [3.8, 4) is 5.75 Å². The van der Waals surface area contributed by atoms with Crippen LogP contribution in [0.2, 0.25) is 0 Å². The van der Waals surface area contributed by atoms with Crippen LogP contribution in [0, 0.1) is 11.8 Å². The van der Waals surface area contributed by atoms with Crippen LogP contribution in [0.25, 0.3) is 10.9 Å². The van der Waals surface area contributed by atoms with Crippen molar-refractivity contribution in [1.29, 1.82) is 0 Å². The number of ketones is 1. The number of rotatable bonds is 4. The van der Waals surface area contributed by atoms with Gasteiger partial charge in [0.15, 0.2) is 5.78 Å². The summed E-state index contributed by atoms with van der Waals surface area (Å²) >= 11 is 0. The van der Waals surface area contributed by atoms with Gasteiger partial charge in [0, 0.05) is 24.4 Å². The zero-order chi connectivity index (χ0) is 17.6. The van der Waals surface area contributed by atoms with Crippen molar-refractivity contribution in [2.75, 3.05) is 19.6 Å². The van der Waals surface area contributed by atoms with Gasteiger partial charge in [-0.25, -0.2) is 0 Å². The first-order valence-corrected chi connectivity index (χ1v) is 8.38. The molecule has 3 aliphatic heterocycles. The van der Waals surface area contributed by atoms with E-state index in [1.807, 2.05) is 0 Å². The van der Waals surface area contributed by atoms with E-state index < -0.39 is 6.36 Å². The fourth-order valence-corrected chi connectivity index (χ4v) is 4.06. The minimum absolute atomic E-state index is 0.0607. The first-order chi connectivity index (χ1) is 11.9. The Morgan fingerprint density at radius 3 is 2.72 bits per heavy atom. The van der Waals surface area contributed by atoms with Crippen LogP contribution in [-0.2, 0) is 0 Å². The minimum Gasteiger partial charge on any atom is -0.406 e. The summed E-state index contributed by atoms with van der Waals surface area (Å²) in [6, 6.07) is 3.86. The standard InChI is InChI=1S/C17H18F3N3O2/c18-17(19,20)25-12-1-2-13-14(8-12)21-22-16(13)15(24)7-11-9-23-5-3-10(11)4-6-23/h1-2,8,10-11H,3-7,9H2,(H,21,22)/t11-/m1/s1. The van der Waals surface area contributed by atoms with E-state index >= 15 is 0 Å². The number of ether oxygens (including phenoxy) is 1. The molecule has 1 atom stereocenters. The molecule has 3 fully saturated rings. The maximum absolute atomic E-state index is 12.7. The molecule has 5 nitrogen and oxygen atoms in total. The number of benzene rings is 1. The topological polar surface area (TPSA) is 58.2 Å². The molecular formula is C17H18F3N3O2. The van der Waals surface area contributed by atoms with Crippen molar-refractivity contribution < 1.29 is 22.7 Å². The third-order valence-electron chi connectivity index (χ3n) is 5.27. The molecule has 8 heteroatoms. The van der Waals surface area contributed by atoms with Crippen molar-refractivity contribution >= 4 is 16.7 Å². The third kappa shape index (κ3) is 3.35. The highest BCUT2D eigenvalue weighted by atomic mass is 19.4. The highest BCUT2D eigenvalue weighted by molar-refractivity contribution is 6.06. The van der Waals surface area contributed by atoms with Gasteiger partial charge in [0.25, 0.3) is 0 Å². The number of halogens is 3. The van der Waals surface area contributed by atoms with E-state index in [0.29, 0.717) is 34.9 Å². The lowest BCUT2D eigenvalue weighted by Crippen LogP contribution is -2.47. The molecule has 1 aromatic heterocycles. The van der Waals surface area contributed by atoms with Crippen LogP contribution in [0.3, 0.4) is 0 Å². The monoisotopic (exact) mass is 353 g/mol. The molecule has 0 unspecified atom stereocenters. The fraction of sp³-hybridized carbons (Fsp3) is 0.529. The molecule has 3 saturated heterocycles. The number of alkyl halides is 3. The number of piperidine rings is 3. The van der Waals surface area contributed by atoms with Crippen molar-refractivity contribution in [2.24, 2.45) is 11.8 Å². The van der Waals surface area contributed by atoms with Crippen molar-refractivity contribution in [3.05, 3.63) is 23.9 Å². The Hall–Kier alpha value is -2.09. The highest BCUT2D eigenvalue weighted by Crippen LogP contribution is 2.35. The van der Waals surface area contributed by atoms with Gasteiger partial charge in [-0.15, -0.1) is 13.2 Å². The van der Waals surface area contributed by atoms with Gasteiger partial charge in [-0.3, -0.25) is 9.89 Å². The molecule has 2 aromatic rings. The van der Waals surface area contributed by atoms with Gasteiger partial charge in [0.05, 0.1) is 5.52 Å². The predicted octanol–water partition coefficient (Wildman–Crippen LogP) is 3.38. The van der Waals surface area contributed by atoms with Gasteiger partial charge >= 0.3 is 6.36 Å². The molecule has 3 aliphatic rings. The number of hydrogen-bond donors (Lipinski definition) is 1. The first-order valence-electron chi connectivity index (χ1n) is 8.38. The lowest BCUT2D eigenvalue weighted by atomic mass is 9.76. The number of aromatic amines is 1. The molecule has 1 N–H and O–H groups in total. The Morgan fingerprint density at radius 1 is 1.32 bits per heavy atom. The Bertz CT molecular complexity index is 794. The molecule has 2 bridgehead atoms. The number of carbonyl (C=O) groups excluding carboxylic acids is 1. The van der Waals surface area contributed by atoms with E-state index in [1.165, 1.54) is 18.2 Å². The Morgan fingerprint density at radius 2 is 2.08 bits per heavy atom. The smallest absolute Gasteiger partial charge is 0.406 e. The summed E-state index contributed by atoms with van der Waals surface area (Å²) in [6.07, 6.45) is -2.04. The van der Waals surface area contributed by atoms with Crippen LogP contribution < -0.4 is 4.74 Å². The molecule has 1 aromatic carbocycles. The maximum Gasteiger partial charge on any atom is 0.573 e. The summed E-state index contributed by atoms with van der Waals surface area (Å²) in [4.78, 5) is 15.1. The van der Waals surface area contributed by atoms with Gasteiger partial charge in [-0.05, 0) is 49.9 Å². The molecule has 0 aliphatic carbocycles. The zero-order valence-corrected chi connectivity index (χ0v) is 13.5. The Labute approximate surface area is 142 Å². The quantitative estimate of drug-likeness (QED) is 0.856. The zero-order valence-electron chi connectivity index (χ0n) is 13.5. The van der Waals surface area contributed by atoms with Crippen molar-refractivity contribution in [1.82, 2.24) is 15.1 Å². The van der Waals surface area contributed by atoms with Crippen LogP contribution in [-0.4, -0.2) is 46.9 Å². The van der Waals surface area contributed by atoms with Crippen molar-refractivity contribution in [2.45, 2.75) is 25.6 Å². The van der Waals surface area contributed by atoms with Crippen molar-refractivity contribution in [3.63, 3.8) is 0 Å². The number of hydrogen-bond acceptors (Lipinski definition) is 4. The minimum atomic E-state index is -4.75. The van der Waals surface area contributed by atoms with E-state index in [2.05, 4.69) is 19.8 Å². The van der Waals surface area contributed by atoms with Gasteiger partial charge in [-0.2, -0.15) is 5.10 Å². The normalized spacial score (nSPS) is 26.1. The lowest BCUT2D eigenvalue weighted by molar-refractivity contribution is -0.274. The predicted molar refractivity (Wildman–Crippen MR) is 84.4 cm³/mol. The van der Waals surface area contributed by atoms with E-state index in [9.17, 15) is 18.0 Å². The summed E-state index contributed by atoms with van der Waals surface area (Å²) in [6.45, 7) is 3.17. The summed E-state index contributed by atoms with van der Waals surface area (Å²) in [5.41, 5.74) is 0.657. The van der Waals surface area contributed by atoms with Gasteiger partial charge in [0.2, 0.25) is 0 Å². The molecule has 4 heterocycles. The van der Waals surface area contributed by atoms with Crippen LogP contribution in [0.15, 0.2) is 18.2 Å². The summed E-state index contributed by atoms with van der Waals surface area (Å²) in [5.74, 6) is 0.537. The molecule has 0 amide bonds. The number of nitrogens with zero attached hydrogens (tertiary/aromatic N) is 2. The fourth-order valence-electron chi connectivity index (χ4n) is 4.06. The van der Waals surface area contributed by atoms with E-state index in [1.54, 1.807) is 0 Å². The SMILES string of the molecule is O=C(C[C@@H]1CN2CCC1CC2)c1n[nH]c2cc(OC(F)(F)F)ccc12. The van der Waals surface area contributed by atoms with E-state index in [4.69, 9.17) is 0 Å². The average molecular weight is 353 g/mol. The Balaban J connectivity index is 1.52. The number of fused-ring (bicyclic) bond motifs is 4. The van der Waals surface area contributed by atoms with Crippen LogP contribution in [0.4, 0.5) is 13.2 Å². The molecule has 0 radical (unpaired) electrons. The highest BCUT2D eigenvalue weighted by Gasteiger charge is 2.36. The third-order valence-corrected chi connectivity index (χ3v) is 5.27. The number of H-pyrrole nitrogens is 1. The van der Waals surface area contributed by atoms with Gasteiger partial charge < -0.3 is 9.64 Å². The van der Waals surface area contributed by atoms with E-state index in [-0.39, 0.29) is 11.5 Å². The number of carbonyl (C=O) groups is 1. The van der Waals surface area contributed by atoms with Crippen LogP contribution in [0.1, 0.15) is 29.8 Å². The maximum atomic E-state index is 12.7. The summed E-state index contributed by atoms with van der Waals surface area (Å²) in [5, 5.41) is 7.20. The number of aromatic nitrogens is 2.